The third-order valence-corrected chi connectivity index (χ3v) is 3.25. The molecule has 0 saturated carbocycles. The molecule has 0 unspecified atom stereocenters. The van der Waals surface area contributed by atoms with Crippen molar-refractivity contribution in [2.24, 2.45) is 0 Å². The Balaban J connectivity index is 2.22. The Bertz CT molecular complexity index is 284. The van der Waals surface area contributed by atoms with E-state index < -0.39 is 0 Å². The molecular formula is C12H23N3S. The summed E-state index contributed by atoms with van der Waals surface area (Å²) in [7, 11) is 0. The standard InChI is InChI=1S/C12H23N3S/c1-4-16-9-5-7-15-8-6-12(14-15)10-13-11(2)3/h6,8,11,13H,4-5,7,9-10H2,1-3H3. The minimum Gasteiger partial charge on any atom is -0.309 e. The van der Waals surface area contributed by atoms with E-state index in [-0.39, 0.29) is 0 Å². The maximum absolute atomic E-state index is 4.52. The van der Waals surface area contributed by atoms with Crippen LogP contribution in [0.15, 0.2) is 12.3 Å². The van der Waals surface area contributed by atoms with E-state index in [0.717, 1.165) is 18.8 Å². The van der Waals surface area contributed by atoms with Crippen molar-refractivity contribution in [3.8, 4) is 0 Å². The summed E-state index contributed by atoms with van der Waals surface area (Å²) in [4.78, 5) is 0. The highest BCUT2D eigenvalue weighted by Crippen LogP contribution is 2.03. The molecule has 92 valence electrons. The van der Waals surface area contributed by atoms with E-state index in [4.69, 9.17) is 0 Å². The first-order valence-electron chi connectivity index (χ1n) is 6.05. The molecule has 0 radical (unpaired) electrons. The summed E-state index contributed by atoms with van der Waals surface area (Å²) >= 11 is 1.99. The lowest BCUT2D eigenvalue weighted by Gasteiger charge is -2.05. The van der Waals surface area contributed by atoms with E-state index in [1.165, 1.54) is 17.9 Å². The first-order chi connectivity index (χ1) is 7.72. The maximum atomic E-state index is 4.52. The fraction of sp³-hybridized carbons (Fsp3) is 0.750. The highest BCUT2D eigenvalue weighted by molar-refractivity contribution is 7.99. The molecule has 1 aromatic rings. The van der Waals surface area contributed by atoms with Crippen LogP contribution in [0.1, 0.15) is 32.9 Å². The number of thioether (sulfide) groups is 1. The molecule has 0 amide bonds. The van der Waals surface area contributed by atoms with Gasteiger partial charge in [-0.1, -0.05) is 20.8 Å². The van der Waals surface area contributed by atoms with Crippen LogP contribution in [0.3, 0.4) is 0 Å². The predicted molar refractivity (Wildman–Crippen MR) is 71.8 cm³/mol. The van der Waals surface area contributed by atoms with Crippen molar-refractivity contribution in [1.29, 1.82) is 0 Å². The number of hydrogen-bond acceptors (Lipinski definition) is 3. The first kappa shape index (κ1) is 13.6. The molecule has 0 aliphatic rings. The van der Waals surface area contributed by atoms with Gasteiger partial charge in [-0.15, -0.1) is 0 Å². The van der Waals surface area contributed by atoms with Gasteiger partial charge in [-0.25, -0.2) is 0 Å². The number of aromatic nitrogens is 2. The molecule has 0 spiro atoms. The van der Waals surface area contributed by atoms with Gasteiger partial charge in [0.15, 0.2) is 0 Å². The number of nitrogens with one attached hydrogen (secondary N) is 1. The van der Waals surface area contributed by atoms with Crippen molar-refractivity contribution in [1.82, 2.24) is 15.1 Å². The normalized spacial score (nSPS) is 11.2. The molecular weight excluding hydrogens is 218 g/mol. The second kappa shape index (κ2) is 7.74. The van der Waals surface area contributed by atoms with Gasteiger partial charge in [0.25, 0.3) is 0 Å². The highest BCUT2D eigenvalue weighted by Gasteiger charge is 1.99. The third-order valence-electron chi connectivity index (χ3n) is 2.27. The van der Waals surface area contributed by atoms with Gasteiger partial charge in [0.2, 0.25) is 0 Å². The van der Waals surface area contributed by atoms with E-state index in [9.17, 15) is 0 Å². The van der Waals surface area contributed by atoms with E-state index in [0.29, 0.717) is 6.04 Å². The summed E-state index contributed by atoms with van der Waals surface area (Å²) in [6.45, 7) is 8.41. The third kappa shape index (κ3) is 5.56. The summed E-state index contributed by atoms with van der Waals surface area (Å²) in [5.74, 6) is 2.44. The van der Waals surface area contributed by atoms with Crippen LogP contribution in [0.4, 0.5) is 0 Å². The van der Waals surface area contributed by atoms with Crippen LogP contribution >= 0.6 is 11.8 Å². The van der Waals surface area contributed by atoms with Gasteiger partial charge in [0.1, 0.15) is 0 Å². The van der Waals surface area contributed by atoms with Crippen LogP contribution < -0.4 is 5.32 Å². The summed E-state index contributed by atoms with van der Waals surface area (Å²) in [6.07, 6.45) is 3.28. The van der Waals surface area contributed by atoms with Crippen LogP contribution in [0.5, 0.6) is 0 Å². The van der Waals surface area contributed by atoms with Gasteiger partial charge in [0, 0.05) is 25.3 Å². The number of aryl methyl sites for hydroxylation is 1. The van der Waals surface area contributed by atoms with Crippen molar-refractivity contribution < 1.29 is 0 Å². The Morgan fingerprint density at radius 1 is 1.50 bits per heavy atom. The molecule has 1 N–H and O–H groups in total. The Morgan fingerprint density at radius 2 is 2.31 bits per heavy atom. The van der Waals surface area contributed by atoms with Crippen LogP contribution in [0, 0.1) is 0 Å². The minimum absolute atomic E-state index is 0.520. The molecule has 0 aliphatic heterocycles. The van der Waals surface area contributed by atoms with E-state index in [1.54, 1.807) is 0 Å². The lowest BCUT2D eigenvalue weighted by Crippen LogP contribution is -2.22. The summed E-state index contributed by atoms with van der Waals surface area (Å²) in [5, 5.41) is 7.90. The smallest absolute Gasteiger partial charge is 0.0762 e. The van der Waals surface area contributed by atoms with Gasteiger partial charge in [-0.05, 0) is 24.0 Å². The van der Waals surface area contributed by atoms with Crippen molar-refractivity contribution in [3.05, 3.63) is 18.0 Å². The minimum atomic E-state index is 0.520. The van der Waals surface area contributed by atoms with Gasteiger partial charge in [-0.3, -0.25) is 4.68 Å². The second-order valence-electron chi connectivity index (χ2n) is 4.16. The zero-order valence-corrected chi connectivity index (χ0v) is 11.4. The molecule has 0 saturated heterocycles. The molecule has 1 heterocycles. The Hall–Kier alpha value is -0.480. The zero-order chi connectivity index (χ0) is 11.8. The SMILES string of the molecule is CCSCCCn1ccc(CNC(C)C)n1. The Labute approximate surface area is 103 Å². The highest BCUT2D eigenvalue weighted by atomic mass is 32.2. The average Bonchev–Trinajstić information content (AvgIpc) is 2.70. The largest absolute Gasteiger partial charge is 0.309 e. The summed E-state index contributed by atoms with van der Waals surface area (Å²) in [6, 6.07) is 2.62. The van der Waals surface area contributed by atoms with Crippen LogP contribution in [0.2, 0.25) is 0 Å². The quantitative estimate of drug-likeness (QED) is 0.709. The Kier molecular flexibility index (Phi) is 6.57. The zero-order valence-electron chi connectivity index (χ0n) is 10.6. The monoisotopic (exact) mass is 241 g/mol. The predicted octanol–water partition coefficient (Wildman–Crippen LogP) is 2.52. The lowest BCUT2D eigenvalue weighted by molar-refractivity contribution is 0.556. The lowest BCUT2D eigenvalue weighted by atomic mass is 10.3. The van der Waals surface area contributed by atoms with Crippen LogP contribution in [0.25, 0.3) is 0 Å². The molecule has 0 fully saturated rings. The molecule has 1 rings (SSSR count). The van der Waals surface area contributed by atoms with E-state index in [2.05, 4.69) is 43.4 Å². The van der Waals surface area contributed by atoms with Crippen molar-refractivity contribution >= 4 is 11.8 Å². The summed E-state index contributed by atoms with van der Waals surface area (Å²) in [5.41, 5.74) is 1.14. The van der Waals surface area contributed by atoms with Crippen LogP contribution in [-0.2, 0) is 13.1 Å². The number of nitrogens with zero attached hydrogens (tertiary/aromatic N) is 2. The fourth-order valence-electron chi connectivity index (χ4n) is 1.40. The molecule has 0 aliphatic carbocycles. The average molecular weight is 241 g/mol. The topological polar surface area (TPSA) is 29.9 Å². The Morgan fingerprint density at radius 3 is 3.00 bits per heavy atom. The molecule has 0 atom stereocenters. The molecule has 4 heteroatoms. The van der Waals surface area contributed by atoms with Crippen molar-refractivity contribution in [2.75, 3.05) is 11.5 Å². The summed E-state index contributed by atoms with van der Waals surface area (Å²) < 4.78 is 2.05. The van der Waals surface area contributed by atoms with Crippen molar-refractivity contribution in [2.45, 2.75) is 46.3 Å². The number of rotatable bonds is 8. The van der Waals surface area contributed by atoms with Gasteiger partial charge >= 0.3 is 0 Å². The molecule has 0 aromatic carbocycles. The van der Waals surface area contributed by atoms with Gasteiger partial charge in [-0.2, -0.15) is 16.9 Å². The molecule has 3 nitrogen and oxygen atoms in total. The molecule has 16 heavy (non-hydrogen) atoms. The van der Waals surface area contributed by atoms with Gasteiger partial charge in [0.05, 0.1) is 5.69 Å². The molecule has 1 aromatic heterocycles. The van der Waals surface area contributed by atoms with Crippen molar-refractivity contribution in [3.63, 3.8) is 0 Å². The van der Waals surface area contributed by atoms with E-state index in [1.807, 2.05) is 16.4 Å². The first-order valence-corrected chi connectivity index (χ1v) is 7.21. The van der Waals surface area contributed by atoms with Gasteiger partial charge < -0.3 is 5.32 Å². The number of hydrogen-bond donors (Lipinski definition) is 1. The fourth-order valence-corrected chi connectivity index (χ4v) is 2.03. The molecule has 0 bridgehead atoms. The maximum Gasteiger partial charge on any atom is 0.0762 e. The van der Waals surface area contributed by atoms with Crippen LogP contribution in [-0.4, -0.2) is 27.3 Å². The second-order valence-corrected chi connectivity index (χ2v) is 5.55. The van der Waals surface area contributed by atoms with E-state index >= 15 is 0 Å².